The van der Waals surface area contributed by atoms with Crippen molar-refractivity contribution in [1.82, 2.24) is 0 Å². The Hall–Kier alpha value is -0.340. The molecule has 0 spiro atoms. The van der Waals surface area contributed by atoms with Gasteiger partial charge in [-0.3, -0.25) is 0 Å². The Labute approximate surface area is 56.4 Å². The molecule has 0 aromatic rings. The van der Waals surface area contributed by atoms with Crippen molar-refractivity contribution in [3.63, 3.8) is 0 Å². The van der Waals surface area contributed by atoms with E-state index < -0.39 is 6.10 Å². The molecular formula is C7H15NO. The van der Waals surface area contributed by atoms with E-state index in [1.807, 2.05) is 19.9 Å². The van der Waals surface area contributed by atoms with Crippen LogP contribution in [0.15, 0.2) is 11.6 Å². The first-order chi connectivity index (χ1) is 4.22. The highest BCUT2D eigenvalue weighted by Gasteiger charge is 2.00. The fourth-order valence-electron chi connectivity index (χ4n) is 0.644. The Morgan fingerprint density at radius 1 is 1.78 bits per heavy atom. The van der Waals surface area contributed by atoms with Crippen molar-refractivity contribution in [3.05, 3.63) is 11.6 Å². The van der Waals surface area contributed by atoms with Gasteiger partial charge in [0.1, 0.15) is 0 Å². The summed E-state index contributed by atoms with van der Waals surface area (Å²) in [6.45, 7) is 4.25. The van der Waals surface area contributed by atoms with Crippen molar-refractivity contribution < 1.29 is 5.11 Å². The summed E-state index contributed by atoms with van der Waals surface area (Å²) in [5.41, 5.74) is 6.18. The van der Waals surface area contributed by atoms with Crippen LogP contribution in [0.2, 0.25) is 0 Å². The van der Waals surface area contributed by atoms with Crippen LogP contribution in [0.4, 0.5) is 0 Å². The molecule has 0 rings (SSSR count). The highest BCUT2D eigenvalue weighted by atomic mass is 16.3. The van der Waals surface area contributed by atoms with Gasteiger partial charge in [-0.05, 0) is 18.9 Å². The highest BCUT2D eigenvalue weighted by molar-refractivity contribution is 5.04. The molecule has 2 heteroatoms. The van der Waals surface area contributed by atoms with Gasteiger partial charge in [-0.1, -0.05) is 13.0 Å². The molecule has 0 aliphatic carbocycles. The Bertz CT molecular complexity index is 99.1. The first-order valence-corrected chi connectivity index (χ1v) is 3.27. The molecule has 0 aliphatic heterocycles. The third kappa shape index (κ3) is 3.27. The molecule has 0 radical (unpaired) electrons. The normalized spacial score (nSPS) is 15.8. The molecule has 0 heterocycles. The lowest BCUT2D eigenvalue weighted by atomic mass is 10.1. The lowest BCUT2D eigenvalue weighted by Crippen LogP contribution is -2.20. The molecule has 3 N–H and O–H groups in total. The van der Waals surface area contributed by atoms with Crippen LogP contribution in [0.5, 0.6) is 0 Å². The van der Waals surface area contributed by atoms with Crippen molar-refractivity contribution in [2.45, 2.75) is 26.4 Å². The number of nitrogens with two attached hydrogens (primary N) is 1. The molecule has 1 atom stereocenters. The van der Waals surface area contributed by atoms with Gasteiger partial charge >= 0.3 is 0 Å². The molecule has 0 fully saturated rings. The lowest BCUT2D eigenvalue weighted by Gasteiger charge is -2.06. The minimum Gasteiger partial charge on any atom is -0.387 e. The van der Waals surface area contributed by atoms with Gasteiger partial charge in [0.25, 0.3) is 0 Å². The summed E-state index contributed by atoms with van der Waals surface area (Å²) in [5, 5.41) is 9.06. The molecule has 0 amide bonds. The quantitative estimate of drug-likeness (QED) is 0.550. The summed E-state index contributed by atoms with van der Waals surface area (Å²) >= 11 is 0. The lowest BCUT2D eigenvalue weighted by molar-refractivity contribution is 0.219. The standard InChI is InChI=1S/C7H15NO/c1-3-4-6(2)7(9)5-8/h4,7,9H,3,5,8H2,1-2H3/b6-4+. The highest BCUT2D eigenvalue weighted by Crippen LogP contribution is 1.99. The van der Waals surface area contributed by atoms with Crippen LogP contribution in [-0.2, 0) is 0 Å². The van der Waals surface area contributed by atoms with E-state index in [9.17, 15) is 0 Å². The van der Waals surface area contributed by atoms with E-state index in [0.29, 0.717) is 6.54 Å². The van der Waals surface area contributed by atoms with E-state index in [4.69, 9.17) is 10.8 Å². The SMILES string of the molecule is CC/C=C(\C)C(O)CN. The summed E-state index contributed by atoms with van der Waals surface area (Å²) in [4.78, 5) is 0. The van der Waals surface area contributed by atoms with Gasteiger partial charge in [0.2, 0.25) is 0 Å². The Morgan fingerprint density at radius 2 is 2.33 bits per heavy atom. The number of hydrogen-bond acceptors (Lipinski definition) is 2. The zero-order chi connectivity index (χ0) is 7.28. The molecule has 2 nitrogen and oxygen atoms in total. The topological polar surface area (TPSA) is 46.2 Å². The molecule has 1 unspecified atom stereocenters. The average Bonchev–Trinajstić information content (AvgIpc) is 1.87. The maximum absolute atomic E-state index is 9.06. The summed E-state index contributed by atoms with van der Waals surface area (Å²) in [5.74, 6) is 0. The maximum Gasteiger partial charge on any atom is 0.0869 e. The van der Waals surface area contributed by atoms with Crippen LogP contribution in [0, 0.1) is 0 Å². The summed E-state index contributed by atoms with van der Waals surface area (Å²) in [7, 11) is 0. The molecule has 9 heavy (non-hydrogen) atoms. The van der Waals surface area contributed by atoms with E-state index in [-0.39, 0.29) is 0 Å². The molecule has 0 aliphatic rings. The Kier molecular flexibility index (Phi) is 4.36. The van der Waals surface area contributed by atoms with Gasteiger partial charge < -0.3 is 10.8 Å². The molecular weight excluding hydrogens is 114 g/mol. The maximum atomic E-state index is 9.06. The van der Waals surface area contributed by atoms with Crippen LogP contribution in [-0.4, -0.2) is 17.8 Å². The minimum absolute atomic E-state index is 0.322. The third-order valence-electron chi connectivity index (χ3n) is 1.27. The second kappa shape index (κ2) is 4.53. The van der Waals surface area contributed by atoms with E-state index in [0.717, 1.165) is 12.0 Å². The van der Waals surface area contributed by atoms with Crippen molar-refractivity contribution >= 4 is 0 Å². The molecule has 0 bridgehead atoms. The first-order valence-electron chi connectivity index (χ1n) is 3.27. The second-order valence-corrected chi connectivity index (χ2v) is 2.11. The molecule has 0 aromatic heterocycles. The molecule has 54 valence electrons. The van der Waals surface area contributed by atoms with Gasteiger partial charge in [-0.15, -0.1) is 0 Å². The van der Waals surface area contributed by atoms with Gasteiger partial charge in [0.15, 0.2) is 0 Å². The minimum atomic E-state index is -0.440. The zero-order valence-corrected chi connectivity index (χ0v) is 6.09. The van der Waals surface area contributed by atoms with Gasteiger partial charge in [0, 0.05) is 6.54 Å². The fourth-order valence-corrected chi connectivity index (χ4v) is 0.644. The summed E-state index contributed by atoms with van der Waals surface area (Å²) < 4.78 is 0. The Morgan fingerprint density at radius 3 is 2.67 bits per heavy atom. The van der Waals surface area contributed by atoms with Crippen LogP contribution in [0.25, 0.3) is 0 Å². The number of allylic oxidation sites excluding steroid dienone is 1. The fraction of sp³-hybridized carbons (Fsp3) is 0.714. The predicted molar refractivity (Wildman–Crippen MR) is 39.1 cm³/mol. The number of aliphatic hydroxyl groups excluding tert-OH is 1. The third-order valence-corrected chi connectivity index (χ3v) is 1.27. The van der Waals surface area contributed by atoms with E-state index in [1.54, 1.807) is 0 Å². The number of rotatable bonds is 3. The number of hydrogen-bond donors (Lipinski definition) is 2. The van der Waals surface area contributed by atoms with Crippen molar-refractivity contribution in [2.75, 3.05) is 6.54 Å². The van der Waals surface area contributed by atoms with Crippen molar-refractivity contribution in [1.29, 1.82) is 0 Å². The van der Waals surface area contributed by atoms with Gasteiger partial charge in [-0.25, -0.2) is 0 Å². The largest absolute Gasteiger partial charge is 0.387 e. The van der Waals surface area contributed by atoms with E-state index >= 15 is 0 Å². The van der Waals surface area contributed by atoms with E-state index in [2.05, 4.69) is 0 Å². The summed E-state index contributed by atoms with van der Waals surface area (Å²) in [6, 6.07) is 0. The van der Waals surface area contributed by atoms with Crippen molar-refractivity contribution in [2.24, 2.45) is 5.73 Å². The Balaban J connectivity index is 3.70. The van der Waals surface area contributed by atoms with Gasteiger partial charge in [0.05, 0.1) is 6.10 Å². The predicted octanol–water partition coefficient (Wildman–Crippen LogP) is 0.662. The van der Waals surface area contributed by atoms with Crippen LogP contribution >= 0.6 is 0 Å². The smallest absolute Gasteiger partial charge is 0.0869 e. The van der Waals surface area contributed by atoms with Gasteiger partial charge in [-0.2, -0.15) is 0 Å². The molecule has 0 aromatic carbocycles. The second-order valence-electron chi connectivity index (χ2n) is 2.11. The first kappa shape index (κ1) is 8.66. The average molecular weight is 129 g/mol. The monoisotopic (exact) mass is 129 g/mol. The number of aliphatic hydroxyl groups is 1. The molecule has 0 saturated carbocycles. The van der Waals surface area contributed by atoms with Crippen molar-refractivity contribution in [3.8, 4) is 0 Å². The van der Waals surface area contributed by atoms with Crippen LogP contribution in [0.1, 0.15) is 20.3 Å². The molecule has 0 saturated heterocycles. The van der Waals surface area contributed by atoms with E-state index in [1.165, 1.54) is 0 Å². The van der Waals surface area contributed by atoms with Crippen LogP contribution in [0.3, 0.4) is 0 Å². The van der Waals surface area contributed by atoms with Crippen LogP contribution < -0.4 is 5.73 Å². The zero-order valence-electron chi connectivity index (χ0n) is 6.09. The summed E-state index contributed by atoms with van der Waals surface area (Å²) in [6.07, 6.45) is 2.50.